The number of nitrogens with two attached hydrogens (primary N) is 1. The van der Waals surface area contributed by atoms with Gasteiger partial charge in [-0.2, -0.15) is 5.10 Å². The molecule has 0 fully saturated rings. The summed E-state index contributed by atoms with van der Waals surface area (Å²) in [5.41, 5.74) is 7.27. The smallest absolute Gasteiger partial charge is 0.172 e. The van der Waals surface area contributed by atoms with Crippen molar-refractivity contribution in [3.8, 4) is 16.9 Å². The zero-order valence-corrected chi connectivity index (χ0v) is 9.03. The number of phenols is 1. The molecular formula is C11H12FN3O. The van der Waals surface area contributed by atoms with Crippen LogP contribution in [-0.4, -0.2) is 14.9 Å². The van der Waals surface area contributed by atoms with Crippen molar-refractivity contribution in [1.29, 1.82) is 0 Å². The first kappa shape index (κ1) is 10.5. The van der Waals surface area contributed by atoms with Gasteiger partial charge in [-0.15, -0.1) is 0 Å². The maximum absolute atomic E-state index is 13.7. The van der Waals surface area contributed by atoms with Crippen LogP contribution in [0.15, 0.2) is 18.3 Å². The topological polar surface area (TPSA) is 64.1 Å². The molecule has 1 heterocycles. The van der Waals surface area contributed by atoms with E-state index in [2.05, 4.69) is 5.10 Å². The number of halogens is 1. The van der Waals surface area contributed by atoms with Gasteiger partial charge in [-0.1, -0.05) is 0 Å². The van der Waals surface area contributed by atoms with Crippen molar-refractivity contribution in [1.82, 2.24) is 9.78 Å². The molecule has 0 atom stereocenters. The molecule has 2 rings (SSSR count). The minimum Gasteiger partial charge on any atom is -0.505 e. The summed E-state index contributed by atoms with van der Waals surface area (Å²) in [4.78, 5) is 0. The van der Waals surface area contributed by atoms with Gasteiger partial charge in [-0.25, -0.2) is 4.39 Å². The summed E-state index contributed by atoms with van der Waals surface area (Å²) >= 11 is 0. The lowest BCUT2D eigenvalue weighted by Crippen LogP contribution is -1.98. The van der Waals surface area contributed by atoms with Gasteiger partial charge in [0, 0.05) is 18.2 Å². The van der Waals surface area contributed by atoms with Crippen LogP contribution in [0.2, 0.25) is 0 Å². The first-order chi connectivity index (χ1) is 7.50. The van der Waals surface area contributed by atoms with Crippen LogP contribution in [0.1, 0.15) is 5.56 Å². The Hall–Kier alpha value is -2.04. The number of anilines is 1. The van der Waals surface area contributed by atoms with E-state index < -0.39 is 5.82 Å². The molecule has 0 saturated heterocycles. The number of hydrogen-bond acceptors (Lipinski definition) is 3. The van der Waals surface area contributed by atoms with Crippen molar-refractivity contribution < 1.29 is 9.50 Å². The lowest BCUT2D eigenvalue weighted by atomic mass is 10.0. The highest BCUT2D eigenvalue weighted by molar-refractivity contribution is 5.75. The summed E-state index contributed by atoms with van der Waals surface area (Å²) in [6.07, 6.45) is 1.48. The molecule has 0 bridgehead atoms. The highest BCUT2D eigenvalue weighted by Gasteiger charge is 2.15. The molecule has 0 aliphatic heterocycles. The van der Waals surface area contributed by atoms with Gasteiger partial charge in [-0.3, -0.25) is 4.68 Å². The predicted molar refractivity (Wildman–Crippen MR) is 59.4 cm³/mol. The van der Waals surface area contributed by atoms with Gasteiger partial charge >= 0.3 is 0 Å². The van der Waals surface area contributed by atoms with Crippen molar-refractivity contribution >= 4 is 5.82 Å². The van der Waals surface area contributed by atoms with E-state index in [4.69, 9.17) is 5.73 Å². The number of aryl methyl sites for hydroxylation is 2. The van der Waals surface area contributed by atoms with Crippen molar-refractivity contribution in [3.05, 3.63) is 29.7 Å². The molecule has 1 aromatic carbocycles. The maximum Gasteiger partial charge on any atom is 0.172 e. The number of rotatable bonds is 1. The monoisotopic (exact) mass is 221 g/mol. The fraction of sp³-hybridized carbons (Fsp3) is 0.182. The summed E-state index contributed by atoms with van der Waals surface area (Å²) in [6.45, 7) is 1.77. The number of nitrogens with zero attached hydrogens (tertiary/aromatic N) is 2. The molecule has 0 radical (unpaired) electrons. The standard InChI is InChI=1S/C11H12FN3O/c1-6-3-7(10(12)9(16)4-6)8-5-14-15(2)11(8)13/h3-5,16H,13H2,1-2H3. The average molecular weight is 221 g/mol. The van der Waals surface area contributed by atoms with Gasteiger partial charge in [-0.05, 0) is 24.6 Å². The van der Waals surface area contributed by atoms with E-state index in [0.29, 0.717) is 11.4 Å². The van der Waals surface area contributed by atoms with E-state index >= 15 is 0 Å². The lowest BCUT2D eigenvalue weighted by Gasteiger charge is -2.06. The molecule has 84 valence electrons. The minimum atomic E-state index is -0.676. The number of benzene rings is 1. The molecule has 0 unspecified atom stereocenters. The molecule has 0 saturated carbocycles. The van der Waals surface area contributed by atoms with Crippen LogP contribution in [0.25, 0.3) is 11.1 Å². The number of hydrogen-bond donors (Lipinski definition) is 2. The van der Waals surface area contributed by atoms with Crippen LogP contribution < -0.4 is 5.73 Å². The van der Waals surface area contributed by atoms with Gasteiger partial charge < -0.3 is 10.8 Å². The van der Waals surface area contributed by atoms with E-state index in [1.807, 2.05) is 0 Å². The van der Waals surface area contributed by atoms with E-state index in [1.165, 1.54) is 16.9 Å². The molecule has 5 heteroatoms. The Labute approximate surface area is 92.1 Å². The van der Waals surface area contributed by atoms with E-state index in [1.54, 1.807) is 20.0 Å². The second-order valence-corrected chi connectivity index (χ2v) is 3.71. The molecule has 3 N–H and O–H groups in total. The normalized spacial score (nSPS) is 10.7. The van der Waals surface area contributed by atoms with Crippen molar-refractivity contribution in [3.63, 3.8) is 0 Å². The first-order valence-corrected chi connectivity index (χ1v) is 4.77. The zero-order valence-electron chi connectivity index (χ0n) is 9.03. The van der Waals surface area contributed by atoms with E-state index in [0.717, 1.165) is 5.56 Å². The van der Waals surface area contributed by atoms with Crippen LogP contribution in [0, 0.1) is 12.7 Å². The number of aromatic hydroxyl groups is 1. The number of phenolic OH excluding ortho intramolecular Hbond substituents is 1. The number of aromatic nitrogens is 2. The Morgan fingerprint density at radius 1 is 1.38 bits per heavy atom. The van der Waals surface area contributed by atoms with Gasteiger partial charge in [0.2, 0.25) is 0 Å². The second kappa shape index (κ2) is 3.52. The third-order valence-electron chi connectivity index (χ3n) is 2.47. The summed E-state index contributed by atoms with van der Waals surface area (Å²) in [6, 6.07) is 2.99. The van der Waals surface area contributed by atoms with Crippen LogP contribution in [0.4, 0.5) is 10.2 Å². The highest BCUT2D eigenvalue weighted by atomic mass is 19.1. The third kappa shape index (κ3) is 1.50. The zero-order chi connectivity index (χ0) is 11.9. The Bertz CT molecular complexity index is 548. The second-order valence-electron chi connectivity index (χ2n) is 3.71. The van der Waals surface area contributed by atoms with Crippen molar-refractivity contribution in [2.75, 3.05) is 5.73 Å². The molecule has 16 heavy (non-hydrogen) atoms. The van der Waals surface area contributed by atoms with Gasteiger partial charge in [0.25, 0.3) is 0 Å². The Kier molecular flexibility index (Phi) is 2.30. The largest absolute Gasteiger partial charge is 0.505 e. The van der Waals surface area contributed by atoms with Crippen molar-refractivity contribution in [2.45, 2.75) is 6.92 Å². The Morgan fingerprint density at radius 3 is 2.62 bits per heavy atom. The molecule has 4 nitrogen and oxygen atoms in total. The fourth-order valence-electron chi connectivity index (χ4n) is 1.60. The minimum absolute atomic E-state index is 0.267. The fourth-order valence-corrected chi connectivity index (χ4v) is 1.60. The quantitative estimate of drug-likeness (QED) is 0.772. The third-order valence-corrected chi connectivity index (χ3v) is 2.47. The molecule has 0 spiro atoms. The number of nitrogen functional groups attached to an aromatic ring is 1. The Morgan fingerprint density at radius 2 is 2.06 bits per heavy atom. The highest BCUT2D eigenvalue weighted by Crippen LogP contribution is 2.32. The molecule has 0 amide bonds. The summed E-state index contributed by atoms with van der Waals surface area (Å²) in [7, 11) is 1.67. The maximum atomic E-state index is 13.7. The Balaban J connectivity index is 2.69. The molecule has 2 aromatic rings. The first-order valence-electron chi connectivity index (χ1n) is 4.77. The summed E-state index contributed by atoms with van der Waals surface area (Å²) < 4.78 is 15.2. The van der Waals surface area contributed by atoms with E-state index in [9.17, 15) is 9.50 Å². The van der Waals surface area contributed by atoms with Crippen LogP contribution in [0.3, 0.4) is 0 Å². The van der Waals surface area contributed by atoms with Gasteiger partial charge in [0.15, 0.2) is 11.6 Å². The van der Waals surface area contributed by atoms with Crippen LogP contribution >= 0.6 is 0 Å². The predicted octanol–water partition coefficient (Wildman–Crippen LogP) is 1.82. The van der Waals surface area contributed by atoms with Crippen LogP contribution in [-0.2, 0) is 7.05 Å². The molecule has 0 aliphatic rings. The average Bonchev–Trinajstić information content (AvgIpc) is 2.54. The van der Waals surface area contributed by atoms with Gasteiger partial charge in [0.1, 0.15) is 5.82 Å². The van der Waals surface area contributed by atoms with Gasteiger partial charge in [0.05, 0.1) is 6.20 Å². The van der Waals surface area contributed by atoms with E-state index in [-0.39, 0.29) is 11.3 Å². The summed E-state index contributed by atoms with van der Waals surface area (Å²) in [5, 5.41) is 13.3. The molecule has 0 aliphatic carbocycles. The lowest BCUT2D eigenvalue weighted by molar-refractivity contribution is 0.433. The summed E-state index contributed by atoms with van der Waals surface area (Å²) in [5.74, 6) is -0.688. The van der Waals surface area contributed by atoms with Crippen LogP contribution in [0.5, 0.6) is 5.75 Å². The van der Waals surface area contributed by atoms with Crippen molar-refractivity contribution in [2.24, 2.45) is 7.05 Å². The molecular weight excluding hydrogens is 209 g/mol. The molecule has 1 aromatic heterocycles. The SMILES string of the molecule is Cc1cc(O)c(F)c(-c2cnn(C)c2N)c1.